The van der Waals surface area contributed by atoms with E-state index in [9.17, 15) is 28.9 Å². The summed E-state index contributed by atoms with van der Waals surface area (Å²) >= 11 is 0. The van der Waals surface area contributed by atoms with Gasteiger partial charge in [-0.1, -0.05) is 265 Å². The highest BCUT2D eigenvalue weighted by Crippen LogP contribution is 2.43. The molecule has 0 saturated carbocycles. The van der Waals surface area contributed by atoms with Crippen molar-refractivity contribution in [1.82, 2.24) is 0 Å². The predicted molar refractivity (Wildman–Crippen MR) is 280 cm³/mol. The molecule has 3 unspecified atom stereocenters. The second-order valence-electron chi connectivity index (χ2n) is 19.8. The average molecular weight is 989 g/mol. The molecule has 0 aliphatic rings. The number of hydrogen-bond donors (Lipinski definition) is 2. The Labute approximate surface area is 418 Å². The third-order valence-corrected chi connectivity index (χ3v) is 14.0. The summed E-state index contributed by atoms with van der Waals surface area (Å²) in [6, 6.07) is 0. The van der Waals surface area contributed by atoms with Crippen LogP contribution in [0.25, 0.3) is 0 Å². The third-order valence-electron chi connectivity index (χ3n) is 13.0. The maximum atomic E-state index is 12.9. The molecule has 0 aromatic carbocycles. The highest BCUT2D eigenvalue weighted by Gasteiger charge is 2.28. The first-order valence-electron chi connectivity index (χ1n) is 28.9. The largest absolute Gasteiger partial charge is 0.472 e. The number of aliphatic hydroxyl groups excluding tert-OH is 1. The van der Waals surface area contributed by atoms with Crippen LogP contribution in [0.3, 0.4) is 0 Å². The fourth-order valence-electron chi connectivity index (χ4n) is 8.59. The highest BCUT2D eigenvalue weighted by atomic mass is 31.2. The number of phosphoric ester groups is 1. The second kappa shape index (κ2) is 51.8. The maximum absolute atomic E-state index is 12.9. The Morgan fingerprint density at radius 1 is 0.353 bits per heavy atom. The van der Waals surface area contributed by atoms with Crippen LogP contribution in [0.4, 0.5) is 0 Å². The van der Waals surface area contributed by atoms with Gasteiger partial charge in [-0.15, -0.1) is 0 Å². The molecule has 0 aliphatic carbocycles. The fourth-order valence-corrected chi connectivity index (χ4v) is 9.38. The van der Waals surface area contributed by atoms with Crippen molar-refractivity contribution in [2.24, 2.45) is 0 Å². The molecule has 11 nitrogen and oxygen atoms in total. The van der Waals surface area contributed by atoms with E-state index in [-0.39, 0.29) is 25.9 Å². The first-order chi connectivity index (χ1) is 33.2. The second-order valence-corrected chi connectivity index (χ2v) is 21.3. The molecule has 0 fully saturated rings. The van der Waals surface area contributed by atoms with Crippen molar-refractivity contribution in [2.75, 3.05) is 26.4 Å². The van der Waals surface area contributed by atoms with Crippen molar-refractivity contribution in [1.29, 1.82) is 0 Å². The van der Waals surface area contributed by atoms with Crippen molar-refractivity contribution in [3.05, 3.63) is 0 Å². The van der Waals surface area contributed by atoms with Gasteiger partial charge in [0.25, 0.3) is 0 Å². The van der Waals surface area contributed by atoms with Crippen LogP contribution in [0.2, 0.25) is 0 Å². The van der Waals surface area contributed by atoms with E-state index < -0.39 is 57.8 Å². The molecular formula is C56H109O11P. The third kappa shape index (κ3) is 49.5. The molecule has 0 radical (unpaired) electrons. The molecule has 0 aromatic heterocycles. The fraction of sp³-hybridized carbons (Fsp3) is 0.946. The summed E-state index contributed by atoms with van der Waals surface area (Å²) in [7, 11) is -4.73. The number of carbonyl (C=O) groups is 3. The minimum absolute atomic E-state index is 0.178. The van der Waals surface area contributed by atoms with E-state index >= 15 is 0 Å². The summed E-state index contributed by atoms with van der Waals surface area (Å²) < 4.78 is 39.4. The van der Waals surface area contributed by atoms with Crippen LogP contribution in [0.15, 0.2) is 0 Å². The topological polar surface area (TPSA) is 155 Å². The van der Waals surface area contributed by atoms with Gasteiger partial charge in [-0.25, -0.2) is 4.57 Å². The zero-order valence-electron chi connectivity index (χ0n) is 44.6. The lowest BCUT2D eigenvalue weighted by Gasteiger charge is -2.21. The molecule has 0 aromatic rings. The van der Waals surface area contributed by atoms with E-state index in [1.807, 2.05) is 0 Å². The Hall–Kier alpha value is -1.52. The normalized spacial score (nSPS) is 13.3. The first kappa shape index (κ1) is 66.5. The molecule has 0 spiro atoms. The zero-order valence-corrected chi connectivity index (χ0v) is 45.5. The molecule has 68 heavy (non-hydrogen) atoms. The van der Waals surface area contributed by atoms with E-state index in [0.29, 0.717) is 19.3 Å². The number of rotatable bonds is 55. The van der Waals surface area contributed by atoms with Gasteiger partial charge in [0.15, 0.2) is 6.10 Å². The van der Waals surface area contributed by atoms with Gasteiger partial charge in [0.2, 0.25) is 0 Å². The number of unbranched alkanes of at least 4 members (excludes halogenated alkanes) is 38. The van der Waals surface area contributed by atoms with Gasteiger partial charge in [0.1, 0.15) is 12.7 Å². The average Bonchev–Trinajstić information content (AvgIpc) is 3.32. The Morgan fingerprint density at radius 3 is 0.868 bits per heavy atom. The molecule has 2 N–H and O–H groups in total. The maximum Gasteiger partial charge on any atom is 0.472 e. The van der Waals surface area contributed by atoms with E-state index in [1.54, 1.807) is 0 Å². The summed E-state index contributed by atoms with van der Waals surface area (Å²) in [5, 5.41) is 9.79. The van der Waals surface area contributed by atoms with Gasteiger partial charge in [0, 0.05) is 19.3 Å². The lowest BCUT2D eigenvalue weighted by molar-refractivity contribution is -0.161. The molecule has 0 amide bonds. The van der Waals surface area contributed by atoms with Crippen molar-refractivity contribution in [2.45, 2.75) is 315 Å². The molecule has 404 valence electrons. The van der Waals surface area contributed by atoms with E-state index in [0.717, 1.165) is 57.8 Å². The Balaban J connectivity index is 4.57. The first-order valence-corrected chi connectivity index (χ1v) is 30.4. The summed E-state index contributed by atoms with van der Waals surface area (Å²) in [5.74, 6) is -1.43. The number of esters is 3. The smallest absolute Gasteiger partial charge is 0.462 e. The minimum atomic E-state index is -4.73. The molecule has 12 heteroatoms. The van der Waals surface area contributed by atoms with Crippen LogP contribution in [0.1, 0.15) is 303 Å². The van der Waals surface area contributed by atoms with E-state index in [4.69, 9.17) is 23.3 Å². The molecule has 0 heterocycles. The van der Waals surface area contributed by atoms with Crippen LogP contribution < -0.4 is 0 Å². The Kier molecular flexibility index (Phi) is 50.7. The summed E-state index contributed by atoms with van der Waals surface area (Å²) in [4.78, 5) is 48.4. The highest BCUT2D eigenvalue weighted by molar-refractivity contribution is 7.47. The van der Waals surface area contributed by atoms with Crippen LogP contribution in [-0.4, -0.2) is 66.5 Å². The Morgan fingerprint density at radius 2 is 0.588 bits per heavy atom. The van der Waals surface area contributed by atoms with Crippen LogP contribution in [0, 0.1) is 0 Å². The lowest BCUT2D eigenvalue weighted by Crippen LogP contribution is -2.30. The van der Waals surface area contributed by atoms with E-state index in [1.165, 1.54) is 186 Å². The Bertz CT molecular complexity index is 1150. The molecular weight excluding hydrogens is 880 g/mol. The number of aliphatic hydroxyl groups is 1. The molecule has 0 bridgehead atoms. The molecule has 3 atom stereocenters. The number of hydrogen-bond acceptors (Lipinski definition) is 10. The van der Waals surface area contributed by atoms with Gasteiger partial charge in [-0.2, -0.15) is 0 Å². The summed E-state index contributed by atoms with van der Waals surface area (Å²) in [5.41, 5.74) is 0. The summed E-state index contributed by atoms with van der Waals surface area (Å²) in [6.07, 6.45) is 47.9. The standard InChI is InChI=1S/C56H109O11P/c1-4-7-10-13-16-19-21-23-24-25-26-27-28-30-32-35-38-41-44-47-56(60)67-53(49-63-54(58)45-42-39-36-33-18-15-12-9-6-3)51-65-68(61,62)64-50-52(48-57)66-55(59)46-43-40-37-34-31-29-22-20-17-14-11-8-5-2/h52-53,57H,4-51H2,1-3H3,(H,61,62). The van der Waals surface area contributed by atoms with Crippen molar-refractivity contribution in [3.63, 3.8) is 0 Å². The van der Waals surface area contributed by atoms with Gasteiger partial charge in [-0.3, -0.25) is 23.4 Å². The van der Waals surface area contributed by atoms with Crippen molar-refractivity contribution < 1.29 is 52.2 Å². The monoisotopic (exact) mass is 989 g/mol. The van der Waals surface area contributed by atoms with Crippen LogP contribution in [0.5, 0.6) is 0 Å². The van der Waals surface area contributed by atoms with Gasteiger partial charge in [-0.05, 0) is 19.3 Å². The zero-order chi connectivity index (χ0) is 49.9. The number of carbonyl (C=O) groups excluding carboxylic acids is 3. The van der Waals surface area contributed by atoms with Crippen molar-refractivity contribution >= 4 is 25.7 Å². The van der Waals surface area contributed by atoms with Gasteiger partial charge >= 0.3 is 25.7 Å². The number of phosphoric acid groups is 1. The summed E-state index contributed by atoms with van der Waals surface area (Å²) in [6.45, 7) is 4.69. The quantitative estimate of drug-likeness (QED) is 0.0259. The van der Waals surface area contributed by atoms with Gasteiger partial charge in [0.05, 0.1) is 19.8 Å². The van der Waals surface area contributed by atoms with Crippen LogP contribution >= 0.6 is 7.82 Å². The predicted octanol–water partition coefficient (Wildman–Crippen LogP) is 16.7. The molecule has 0 rings (SSSR count). The van der Waals surface area contributed by atoms with E-state index in [2.05, 4.69) is 20.8 Å². The van der Waals surface area contributed by atoms with Crippen molar-refractivity contribution in [3.8, 4) is 0 Å². The van der Waals surface area contributed by atoms with Crippen LogP contribution in [-0.2, 0) is 42.2 Å². The SMILES string of the molecule is CCCCCCCCCCCCCCCCCCCCCC(=O)OC(COC(=O)CCCCCCCCCCC)COP(=O)(O)OCC(CO)OC(=O)CCCCCCCCCCCCCCC. The molecule has 0 aliphatic heterocycles. The number of ether oxygens (including phenoxy) is 3. The lowest BCUT2D eigenvalue weighted by atomic mass is 10.0. The minimum Gasteiger partial charge on any atom is -0.462 e. The molecule has 0 saturated heterocycles. The van der Waals surface area contributed by atoms with Gasteiger partial charge < -0.3 is 24.2 Å².